The smallest absolute Gasteiger partial charge is 0.160 e. The Morgan fingerprint density at radius 2 is 2.23 bits per heavy atom. The lowest BCUT2D eigenvalue weighted by Gasteiger charge is -1.99. The topological polar surface area (TPSA) is 43.6 Å². The summed E-state index contributed by atoms with van der Waals surface area (Å²) in [7, 11) is 0. The summed E-state index contributed by atoms with van der Waals surface area (Å²) in [5.74, 6) is 0.801. The van der Waals surface area contributed by atoms with Crippen molar-refractivity contribution in [3.8, 4) is 5.82 Å². The standard InChI is InChI=1S/C9H10N4/c1-2-8-3-4-9(12-11-8)13-6-5-10-7-13/h3-7H,2H2,1H3. The van der Waals surface area contributed by atoms with E-state index < -0.39 is 0 Å². The number of rotatable bonds is 2. The summed E-state index contributed by atoms with van der Waals surface area (Å²) < 4.78 is 1.83. The molecule has 0 aliphatic carbocycles. The maximum absolute atomic E-state index is 4.06. The SMILES string of the molecule is CCc1ccc(-n2ccnc2)nn1. The molecule has 0 N–H and O–H groups in total. The predicted octanol–water partition coefficient (Wildman–Crippen LogP) is 1.22. The fourth-order valence-electron chi connectivity index (χ4n) is 1.07. The Morgan fingerprint density at radius 3 is 2.77 bits per heavy atom. The first kappa shape index (κ1) is 7.91. The van der Waals surface area contributed by atoms with Crippen molar-refractivity contribution >= 4 is 0 Å². The van der Waals surface area contributed by atoms with Gasteiger partial charge in [0.05, 0.1) is 5.69 Å². The molecule has 4 heteroatoms. The van der Waals surface area contributed by atoms with Gasteiger partial charge < -0.3 is 0 Å². The van der Waals surface area contributed by atoms with Gasteiger partial charge in [0.15, 0.2) is 5.82 Å². The van der Waals surface area contributed by atoms with Crippen LogP contribution >= 0.6 is 0 Å². The summed E-state index contributed by atoms with van der Waals surface area (Å²) in [4.78, 5) is 3.94. The van der Waals surface area contributed by atoms with E-state index in [2.05, 4.69) is 22.1 Å². The number of nitrogens with zero attached hydrogens (tertiary/aromatic N) is 4. The van der Waals surface area contributed by atoms with E-state index in [4.69, 9.17) is 0 Å². The van der Waals surface area contributed by atoms with Crippen LogP contribution in [0.5, 0.6) is 0 Å². The summed E-state index contributed by atoms with van der Waals surface area (Å²) in [5.41, 5.74) is 1.00. The van der Waals surface area contributed by atoms with Crippen molar-refractivity contribution in [2.45, 2.75) is 13.3 Å². The predicted molar refractivity (Wildman–Crippen MR) is 48.5 cm³/mol. The van der Waals surface area contributed by atoms with E-state index in [1.807, 2.05) is 22.9 Å². The van der Waals surface area contributed by atoms with Gasteiger partial charge in [0.25, 0.3) is 0 Å². The zero-order valence-corrected chi connectivity index (χ0v) is 7.38. The molecule has 4 nitrogen and oxygen atoms in total. The van der Waals surface area contributed by atoms with Crippen LogP contribution < -0.4 is 0 Å². The summed E-state index contributed by atoms with van der Waals surface area (Å²) >= 11 is 0. The monoisotopic (exact) mass is 174 g/mol. The molecule has 0 aromatic carbocycles. The summed E-state index contributed by atoms with van der Waals surface area (Å²) in [5, 5.41) is 8.12. The number of hydrogen-bond acceptors (Lipinski definition) is 3. The Kier molecular flexibility index (Phi) is 2.04. The normalized spacial score (nSPS) is 10.2. The Balaban J connectivity index is 2.33. The van der Waals surface area contributed by atoms with Crippen LogP contribution in [0.3, 0.4) is 0 Å². The van der Waals surface area contributed by atoms with Gasteiger partial charge in [-0.25, -0.2) is 4.98 Å². The first-order valence-corrected chi connectivity index (χ1v) is 4.21. The molecule has 0 unspecified atom stereocenters. The molecule has 0 atom stereocenters. The minimum atomic E-state index is 0.801. The van der Waals surface area contributed by atoms with Crippen LogP contribution in [0.25, 0.3) is 5.82 Å². The molecule has 2 heterocycles. The van der Waals surface area contributed by atoms with E-state index >= 15 is 0 Å². The molecule has 0 spiro atoms. The third kappa shape index (κ3) is 1.56. The second-order valence-electron chi connectivity index (χ2n) is 2.71. The summed E-state index contributed by atoms with van der Waals surface area (Å²) in [6, 6.07) is 3.91. The molecule has 0 aliphatic rings. The maximum Gasteiger partial charge on any atom is 0.160 e. The van der Waals surface area contributed by atoms with Crippen molar-refractivity contribution in [1.29, 1.82) is 0 Å². The van der Waals surface area contributed by atoms with Gasteiger partial charge in [-0.1, -0.05) is 6.92 Å². The van der Waals surface area contributed by atoms with E-state index in [1.165, 1.54) is 0 Å². The molecule has 0 saturated carbocycles. The van der Waals surface area contributed by atoms with Crippen molar-refractivity contribution in [3.05, 3.63) is 36.5 Å². The van der Waals surface area contributed by atoms with Gasteiger partial charge in [-0.05, 0) is 18.6 Å². The zero-order chi connectivity index (χ0) is 9.10. The van der Waals surface area contributed by atoms with Crippen molar-refractivity contribution in [2.24, 2.45) is 0 Å². The minimum absolute atomic E-state index is 0.801. The molecule has 0 fully saturated rings. The average Bonchev–Trinajstić information content (AvgIpc) is 2.71. The van der Waals surface area contributed by atoms with Gasteiger partial charge >= 0.3 is 0 Å². The second-order valence-corrected chi connectivity index (χ2v) is 2.71. The first-order valence-electron chi connectivity index (χ1n) is 4.21. The van der Waals surface area contributed by atoms with Crippen molar-refractivity contribution in [2.75, 3.05) is 0 Å². The Bertz CT molecular complexity index is 363. The van der Waals surface area contributed by atoms with E-state index in [0.29, 0.717) is 0 Å². The maximum atomic E-state index is 4.06. The molecule has 2 aromatic rings. The number of hydrogen-bond donors (Lipinski definition) is 0. The quantitative estimate of drug-likeness (QED) is 0.687. The van der Waals surface area contributed by atoms with Gasteiger partial charge in [0, 0.05) is 12.4 Å². The van der Waals surface area contributed by atoms with Crippen LogP contribution in [-0.2, 0) is 6.42 Å². The van der Waals surface area contributed by atoms with Crippen LogP contribution in [-0.4, -0.2) is 19.7 Å². The molecular formula is C9H10N4. The molecule has 0 saturated heterocycles. The van der Waals surface area contributed by atoms with Gasteiger partial charge in [-0.15, -0.1) is 5.10 Å². The highest BCUT2D eigenvalue weighted by Gasteiger charge is 1.97. The molecule has 2 rings (SSSR count). The van der Waals surface area contributed by atoms with Gasteiger partial charge in [0.1, 0.15) is 6.33 Å². The average molecular weight is 174 g/mol. The highest BCUT2D eigenvalue weighted by molar-refractivity contribution is 5.21. The van der Waals surface area contributed by atoms with Crippen LogP contribution in [0, 0.1) is 0 Å². The Morgan fingerprint density at radius 1 is 1.31 bits per heavy atom. The van der Waals surface area contributed by atoms with E-state index in [9.17, 15) is 0 Å². The summed E-state index contributed by atoms with van der Waals surface area (Å²) in [6.45, 7) is 2.06. The highest BCUT2D eigenvalue weighted by Crippen LogP contribution is 2.02. The van der Waals surface area contributed by atoms with Crippen LogP contribution in [0.4, 0.5) is 0 Å². The van der Waals surface area contributed by atoms with Crippen LogP contribution in [0.15, 0.2) is 30.9 Å². The molecular weight excluding hydrogens is 164 g/mol. The largest absolute Gasteiger partial charge is 0.289 e. The molecule has 0 radical (unpaired) electrons. The third-order valence-electron chi connectivity index (χ3n) is 1.84. The fraction of sp³-hybridized carbons (Fsp3) is 0.222. The zero-order valence-electron chi connectivity index (χ0n) is 7.38. The summed E-state index contributed by atoms with van der Waals surface area (Å²) in [6.07, 6.45) is 6.18. The number of aryl methyl sites for hydroxylation is 1. The Hall–Kier alpha value is -1.71. The van der Waals surface area contributed by atoms with Crippen molar-refractivity contribution in [3.63, 3.8) is 0 Å². The van der Waals surface area contributed by atoms with Crippen LogP contribution in [0.2, 0.25) is 0 Å². The molecule has 0 aliphatic heterocycles. The van der Waals surface area contributed by atoms with Crippen molar-refractivity contribution in [1.82, 2.24) is 19.7 Å². The molecule has 0 amide bonds. The number of aromatic nitrogens is 4. The third-order valence-corrected chi connectivity index (χ3v) is 1.84. The molecule has 13 heavy (non-hydrogen) atoms. The first-order chi connectivity index (χ1) is 6.40. The van der Waals surface area contributed by atoms with Gasteiger partial charge in [-0.3, -0.25) is 4.57 Å². The van der Waals surface area contributed by atoms with Crippen molar-refractivity contribution < 1.29 is 0 Å². The minimum Gasteiger partial charge on any atom is -0.289 e. The lowest BCUT2D eigenvalue weighted by molar-refractivity contribution is 0.863. The fourth-order valence-corrected chi connectivity index (χ4v) is 1.07. The number of imidazole rings is 1. The lowest BCUT2D eigenvalue weighted by Crippen LogP contribution is -1.98. The van der Waals surface area contributed by atoms with Crippen LogP contribution in [0.1, 0.15) is 12.6 Å². The van der Waals surface area contributed by atoms with Gasteiger partial charge in [0.2, 0.25) is 0 Å². The highest BCUT2D eigenvalue weighted by atomic mass is 15.2. The molecule has 2 aromatic heterocycles. The van der Waals surface area contributed by atoms with E-state index in [1.54, 1.807) is 12.5 Å². The second kappa shape index (κ2) is 3.35. The lowest BCUT2D eigenvalue weighted by atomic mass is 10.3. The van der Waals surface area contributed by atoms with E-state index in [-0.39, 0.29) is 0 Å². The Labute approximate surface area is 76.3 Å². The molecule has 0 bridgehead atoms. The molecule has 66 valence electrons. The van der Waals surface area contributed by atoms with E-state index in [0.717, 1.165) is 17.9 Å². The van der Waals surface area contributed by atoms with Gasteiger partial charge in [-0.2, -0.15) is 5.10 Å².